The average molecular weight is 682 g/mol. The molecule has 7 N–H and O–H groups in total. The number of rotatable bonds is 19. The molecule has 49 heavy (non-hydrogen) atoms. The van der Waals surface area contributed by atoms with Crippen molar-refractivity contribution < 1.29 is 39.0 Å². The van der Waals surface area contributed by atoms with Gasteiger partial charge in [0.2, 0.25) is 29.5 Å². The van der Waals surface area contributed by atoms with Gasteiger partial charge in [0.1, 0.15) is 18.1 Å². The third-order valence-corrected chi connectivity index (χ3v) is 8.09. The summed E-state index contributed by atoms with van der Waals surface area (Å²) in [7, 11) is 0. The Morgan fingerprint density at radius 2 is 1.43 bits per heavy atom. The molecule has 13 nitrogen and oxygen atoms in total. The molecule has 0 aliphatic carbocycles. The fourth-order valence-electron chi connectivity index (χ4n) is 5.19. The number of aliphatic hydroxyl groups is 1. The number of amides is 5. The maximum Gasteiger partial charge on any atom is 0.335 e. The number of carboxylic acid groups (broad SMARTS) is 1. The van der Waals surface area contributed by atoms with Crippen LogP contribution in [0, 0.1) is 11.8 Å². The van der Waals surface area contributed by atoms with E-state index < -0.39 is 66.3 Å². The minimum atomic E-state index is -1.32. The molecule has 2 aromatic carbocycles. The average Bonchev–Trinajstić information content (AvgIpc) is 3.05. The van der Waals surface area contributed by atoms with Gasteiger partial charge in [-0.05, 0) is 48.4 Å². The Balaban J connectivity index is 2.11. The van der Waals surface area contributed by atoms with Crippen LogP contribution in [0.5, 0.6) is 0 Å². The molecule has 13 heteroatoms. The van der Waals surface area contributed by atoms with E-state index in [4.69, 9.17) is 0 Å². The van der Waals surface area contributed by atoms with Crippen molar-refractivity contribution in [1.82, 2.24) is 26.6 Å². The molecule has 0 heterocycles. The summed E-state index contributed by atoms with van der Waals surface area (Å²) < 4.78 is 0. The summed E-state index contributed by atoms with van der Waals surface area (Å²) in [5, 5.41) is 33.9. The smallest absolute Gasteiger partial charge is 0.335 e. The summed E-state index contributed by atoms with van der Waals surface area (Å²) >= 11 is 0. The van der Waals surface area contributed by atoms with Gasteiger partial charge in [0.25, 0.3) is 0 Å². The number of benzene rings is 2. The summed E-state index contributed by atoms with van der Waals surface area (Å²) in [6, 6.07) is 11.5. The predicted octanol–water partition coefficient (Wildman–Crippen LogP) is 2.07. The normalized spacial score (nSPS) is 14.7. The van der Waals surface area contributed by atoms with Crippen molar-refractivity contribution in [2.75, 3.05) is 0 Å². The van der Waals surface area contributed by atoms with Crippen molar-refractivity contribution >= 4 is 35.5 Å². The molecule has 0 bridgehead atoms. The van der Waals surface area contributed by atoms with E-state index in [1.807, 2.05) is 45.9 Å². The van der Waals surface area contributed by atoms with Crippen LogP contribution in [-0.4, -0.2) is 76.0 Å². The molecule has 2 rings (SSSR count). The van der Waals surface area contributed by atoms with Gasteiger partial charge in [-0.1, -0.05) is 76.6 Å². The van der Waals surface area contributed by atoms with E-state index in [-0.39, 0.29) is 36.3 Å². The highest BCUT2D eigenvalue weighted by Crippen LogP contribution is 2.13. The molecule has 0 saturated carbocycles. The van der Waals surface area contributed by atoms with E-state index in [1.54, 1.807) is 24.3 Å². The quantitative estimate of drug-likeness (QED) is 0.117. The van der Waals surface area contributed by atoms with Gasteiger partial charge in [0.05, 0.1) is 24.1 Å². The van der Waals surface area contributed by atoms with Crippen LogP contribution in [0.1, 0.15) is 82.3 Å². The second-order valence-electron chi connectivity index (χ2n) is 12.8. The van der Waals surface area contributed by atoms with Crippen LogP contribution in [0.4, 0.5) is 0 Å². The van der Waals surface area contributed by atoms with Crippen LogP contribution in [0.2, 0.25) is 0 Å². The SMILES string of the molecule is CC[C@H](C)[C@H](NC(C)=O)C(=O)N[C@@H](C)C(=O)N[C@@H](CC(C)C)[C@@H](O)CC(=O)N[C@@H](Cc1ccccc1)C(=O)NCc1cccc(C(=O)O)c1. The van der Waals surface area contributed by atoms with Gasteiger partial charge in [0, 0.05) is 19.9 Å². The Hall–Kier alpha value is -4.78. The molecular formula is C36H51N5O8. The lowest BCUT2D eigenvalue weighted by atomic mass is 9.96. The molecule has 0 fully saturated rings. The lowest BCUT2D eigenvalue weighted by Gasteiger charge is -2.29. The first-order chi connectivity index (χ1) is 23.1. The van der Waals surface area contributed by atoms with E-state index in [2.05, 4.69) is 26.6 Å². The minimum Gasteiger partial charge on any atom is -0.478 e. The molecule has 2 aromatic rings. The molecule has 6 atom stereocenters. The van der Waals surface area contributed by atoms with Gasteiger partial charge in [-0.2, -0.15) is 0 Å². The van der Waals surface area contributed by atoms with Crippen molar-refractivity contribution in [3.05, 3.63) is 71.3 Å². The topological polar surface area (TPSA) is 203 Å². The van der Waals surface area contributed by atoms with Crippen molar-refractivity contribution in [3.63, 3.8) is 0 Å². The number of aliphatic hydroxyl groups excluding tert-OH is 1. The number of hydrogen-bond acceptors (Lipinski definition) is 7. The van der Waals surface area contributed by atoms with E-state index in [9.17, 15) is 39.0 Å². The maximum absolute atomic E-state index is 13.3. The van der Waals surface area contributed by atoms with Gasteiger partial charge < -0.3 is 36.8 Å². The van der Waals surface area contributed by atoms with Gasteiger partial charge >= 0.3 is 5.97 Å². The molecular weight excluding hydrogens is 630 g/mol. The highest BCUT2D eigenvalue weighted by atomic mass is 16.4. The Bertz CT molecular complexity index is 1430. The maximum atomic E-state index is 13.3. The molecule has 0 radical (unpaired) electrons. The predicted molar refractivity (Wildman–Crippen MR) is 184 cm³/mol. The first kappa shape index (κ1) is 40.4. The third-order valence-electron chi connectivity index (χ3n) is 8.09. The van der Waals surface area contributed by atoms with Gasteiger partial charge in [-0.25, -0.2) is 4.79 Å². The van der Waals surface area contributed by atoms with Gasteiger partial charge in [-0.3, -0.25) is 24.0 Å². The largest absolute Gasteiger partial charge is 0.478 e. The summed E-state index contributed by atoms with van der Waals surface area (Å²) in [5.41, 5.74) is 1.43. The Morgan fingerprint density at radius 3 is 2.02 bits per heavy atom. The lowest BCUT2D eigenvalue weighted by Crippen LogP contribution is -2.57. The summed E-state index contributed by atoms with van der Waals surface area (Å²) in [4.78, 5) is 75.6. The van der Waals surface area contributed by atoms with Crippen LogP contribution < -0.4 is 26.6 Å². The summed E-state index contributed by atoms with van der Waals surface area (Å²) in [6.07, 6.45) is -0.635. The highest BCUT2D eigenvalue weighted by Gasteiger charge is 2.31. The molecule has 0 aliphatic heterocycles. The monoisotopic (exact) mass is 681 g/mol. The molecule has 0 aromatic heterocycles. The zero-order chi connectivity index (χ0) is 36.7. The van der Waals surface area contributed by atoms with Crippen molar-refractivity contribution in [3.8, 4) is 0 Å². The van der Waals surface area contributed by atoms with Crippen molar-refractivity contribution in [2.45, 2.75) is 104 Å². The lowest BCUT2D eigenvalue weighted by molar-refractivity contribution is -0.133. The molecule has 5 amide bonds. The van der Waals surface area contributed by atoms with Gasteiger partial charge in [0.15, 0.2) is 0 Å². The van der Waals surface area contributed by atoms with E-state index in [0.717, 1.165) is 5.56 Å². The van der Waals surface area contributed by atoms with Crippen LogP contribution in [0.25, 0.3) is 0 Å². The number of carboxylic acids is 1. The van der Waals surface area contributed by atoms with Gasteiger partial charge in [-0.15, -0.1) is 0 Å². The number of nitrogens with one attached hydrogen (secondary N) is 5. The zero-order valence-electron chi connectivity index (χ0n) is 29.1. The fraction of sp³-hybridized carbons (Fsp3) is 0.500. The fourth-order valence-corrected chi connectivity index (χ4v) is 5.19. The molecule has 268 valence electrons. The summed E-state index contributed by atoms with van der Waals surface area (Å²) in [6.45, 7) is 10.3. The van der Waals surface area contributed by atoms with E-state index >= 15 is 0 Å². The summed E-state index contributed by atoms with van der Waals surface area (Å²) in [5.74, 6) is -3.81. The van der Waals surface area contributed by atoms with Crippen LogP contribution in [0.15, 0.2) is 54.6 Å². The van der Waals surface area contributed by atoms with Crippen LogP contribution in [-0.2, 0) is 36.9 Å². The molecule has 0 aliphatic rings. The first-order valence-electron chi connectivity index (χ1n) is 16.6. The highest BCUT2D eigenvalue weighted by molar-refractivity contribution is 5.92. The second-order valence-corrected chi connectivity index (χ2v) is 12.8. The Morgan fingerprint density at radius 1 is 0.776 bits per heavy atom. The number of aromatic carboxylic acids is 1. The standard InChI is InChI=1S/C36H51N5O8/c1-7-22(4)32(39-24(6)42)35(47)38-23(5)33(45)41-28(16-21(2)3)30(43)19-31(44)40-29(18-25-12-9-8-10-13-25)34(46)37-20-26-14-11-15-27(17-26)36(48)49/h8-15,17,21-23,28-30,32,43H,7,16,18-20H2,1-6H3,(H,37,46)(H,38,47)(H,39,42)(H,40,44)(H,41,45)(H,48,49)/t22-,23-,28-,29-,30-,32-/m0/s1. The number of hydrogen-bond donors (Lipinski definition) is 7. The number of carbonyl (C=O) groups is 6. The second kappa shape index (κ2) is 19.9. The van der Waals surface area contributed by atoms with E-state index in [1.165, 1.54) is 26.0 Å². The number of carbonyl (C=O) groups excluding carboxylic acids is 5. The van der Waals surface area contributed by atoms with Crippen molar-refractivity contribution in [2.24, 2.45) is 11.8 Å². The molecule has 0 spiro atoms. The Labute approximate surface area is 288 Å². The van der Waals surface area contributed by atoms with Crippen LogP contribution >= 0.6 is 0 Å². The van der Waals surface area contributed by atoms with E-state index in [0.29, 0.717) is 18.4 Å². The van der Waals surface area contributed by atoms with Crippen molar-refractivity contribution in [1.29, 1.82) is 0 Å². The minimum absolute atomic E-state index is 0.0266. The first-order valence-corrected chi connectivity index (χ1v) is 16.6. The van der Waals surface area contributed by atoms with Crippen LogP contribution in [0.3, 0.4) is 0 Å². The molecule has 0 unspecified atom stereocenters. The Kier molecular flexibility index (Phi) is 16.4. The zero-order valence-corrected chi connectivity index (χ0v) is 29.1. The third kappa shape index (κ3) is 14.1. The molecule has 0 saturated heterocycles.